The van der Waals surface area contributed by atoms with E-state index in [-0.39, 0.29) is 17.7 Å². The zero-order chi connectivity index (χ0) is 20.1. The third-order valence-corrected chi connectivity index (χ3v) is 4.78. The van der Waals surface area contributed by atoms with Crippen molar-refractivity contribution in [3.8, 4) is 0 Å². The maximum absolute atomic E-state index is 13.3. The van der Waals surface area contributed by atoms with Crippen LogP contribution in [-0.4, -0.2) is 42.9 Å². The first-order valence-corrected chi connectivity index (χ1v) is 9.02. The highest BCUT2D eigenvalue weighted by molar-refractivity contribution is 5.96. The normalized spacial score (nSPS) is 14.4. The van der Waals surface area contributed by atoms with E-state index >= 15 is 0 Å². The van der Waals surface area contributed by atoms with E-state index in [0.717, 1.165) is 0 Å². The summed E-state index contributed by atoms with van der Waals surface area (Å²) in [4.78, 5) is 38.2. The van der Waals surface area contributed by atoms with E-state index in [2.05, 4.69) is 10.1 Å². The summed E-state index contributed by atoms with van der Waals surface area (Å²) in [5.74, 6) is -1.54. The first-order chi connectivity index (χ1) is 13.5. The second-order valence-electron chi connectivity index (χ2n) is 6.64. The monoisotopic (exact) mass is 384 g/mol. The summed E-state index contributed by atoms with van der Waals surface area (Å²) < 4.78 is 18.0. The van der Waals surface area contributed by atoms with E-state index in [9.17, 15) is 18.8 Å². The van der Waals surface area contributed by atoms with Crippen molar-refractivity contribution >= 4 is 23.5 Å². The van der Waals surface area contributed by atoms with E-state index in [4.69, 9.17) is 0 Å². The number of hydrogen-bond donors (Lipinski definition) is 1. The molecule has 1 N–H and O–H groups in total. The van der Waals surface area contributed by atoms with E-state index in [0.29, 0.717) is 42.7 Å². The van der Waals surface area contributed by atoms with Crippen LogP contribution in [0.25, 0.3) is 0 Å². The first kappa shape index (κ1) is 19.5. The first-order valence-electron chi connectivity index (χ1n) is 9.02. The van der Waals surface area contributed by atoms with Crippen molar-refractivity contribution in [2.45, 2.75) is 12.8 Å². The predicted octanol–water partition coefficient (Wildman–Crippen LogP) is 3.10. The number of hydrogen-bond acceptors (Lipinski definition) is 4. The molecule has 0 saturated carbocycles. The molecule has 1 aliphatic heterocycles. The fourth-order valence-corrected chi connectivity index (χ4v) is 3.23. The summed E-state index contributed by atoms with van der Waals surface area (Å²) in [6.07, 6.45) is 1.03. The number of piperidine rings is 1. The average molecular weight is 384 g/mol. The molecule has 0 bridgehead atoms. The number of rotatable bonds is 4. The average Bonchev–Trinajstić information content (AvgIpc) is 2.73. The van der Waals surface area contributed by atoms with Gasteiger partial charge in [-0.2, -0.15) is 0 Å². The van der Waals surface area contributed by atoms with Crippen LogP contribution in [0.4, 0.5) is 10.1 Å². The van der Waals surface area contributed by atoms with Gasteiger partial charge in [-0.1, -0.05) is 12.1 Å². The van der Waals surface area contributed by atoms with Crippen LogP contribution in [0, 0.1) is 11.7 Å². The van der Waals surface area contributed by atoms with Crippen LogP contribution in [0.1, 0.15) is 33.6 Å². The summed E-state index contributed by atoms with van der Waals surface area (Å²) in [6.45, 7) is 0.852. The molecule has 1 saturated heterocycles. The third-order valence-electron chi connectivity index (χ3n) is 4.78. The van der Waals surface area contributed by atoms with Crippen LogP contribution in [0.3, 0.4) is 0 Å². The topological polar surface area (TPSA) is 75.7 Å². The van der Waals surface area contributed by atoms with Gasteiger partial charge in [0, 0.05) is 30.3 Å². The molecule has 1 aliphatic rings. The largest absolute Gasteiger partial charge is 0.465 e. The molecule has 7 heteroatoms. The fraction of sp³-hybridized carbons (Fsp3) is 0.286. The van der Waals surface area contributed by atoms with Gasteiger partial charge in [0.15, 0.2) is 0 Å². The molecular formula is C21H21FN2O4. The highest BCUT2D eigenvalue weighted by Gasteiger charge is 2.28. The molecule has 1 heterocycles. The van der Waals surface area contributed by atoms with E-state index in [1.54, 1.807) is 35.2 Å². The predicted molar refractivity (Wildman–Crippen MR) is 101 cm³/mol. The minimum absolute atomic E-state index is 0.153. The number of carbonyl (C=O) groups excluding carboxylic acids is 3. The lowest BCUT2D eigenvalue weighted by Gasteiger charge is -2.31. The number of nitrogens with zero attached hydrogens (tertiary/aromatic N) is 1. The number of methoxy groups -OCH3 is 1. The van der Waals surface area contributed by atoms with Gasteiger partial charge in [0.1, 0.15) is 5.82 Å². The second kappa shape index (κ2) is 8.65. The van der Waals surface area contributed by atoms with Crippen molar-refractivity contribution in [1.82, 2.24) is 4.90 Å². The number of amides is 2. The number of likely N-dealkylation sites (tertiary alicyclic amines) is 1. The number of esters is 1. The zero-order valence-corrected chi connectivity index (χ0v) is 15.5. The maximum atomic E-state index is 13.3. The number of halogens is 1. The smallest absolute Gasteiger partial charge is 0.337 e. The molecule has 0 spiro atoms. The lowest BCUT2D eigenvalue weighted by molar-refractivity contribution is -0.121. The van der Waals surface area contributed by atoms with E-state index < -0.39 is 11.8 Å². The Morgan fingerprint density at radius 3 is 2.39 bits per heavy atom. The van der Waals surface area contributed by atoms with Crippen LogP contribution >= 0.6 is 0 Å². The number of carbonyl (C=O) groups is 3. The molecule has 6 nitrogen and oxygen atoms in total. The molecule has 0 radical (unpaired) electrons. The van der Waals surface area contributed by atoms with Crippen molar-refractivity contribution in [3.63, 3.8) is 0 Å². The van der Waals surface area contributed by atoms with Crippen LogP contribution in [-0.2, 0) is 9.53 Å². The second-order valence-corrected chi connectivity index (χ2v) is 6.64. The fourth-order valence-electron chi connectivity index (χ4n) is 3.23. The Kier molecular flexibility index (Phi) is 6.03. The molecule has 28 heavy (non-hydrogen) atoms. The summed E-state index contributed by atoms with van der Waals surface area (Å²) in [6, 6.07) is 12.1. The van der Waals surface area contributed by atoms with Gasteiger partial charge < -0.3 is 15.0 Å². The van der Waals surface area contributed by atoms with Crippen molar-refractivity contribution in [3.05, 3.63) is 65.5 Å². The number of nitrogens with one attached hydrogen (secondary N) is 1. The molecule has 2 amide bonds. The molecule has 0 aliphatic carbocycles. The standard InChI is InChI=1S/C21H21FN2O4/c1-28-21(27)16-5-3-7-18(13-16)23-19(25)14-8-10-24(11-9-14)20(26)15-4-2-6-17(22)12-15/h2-7,12-14H,8-11H2,1H3,(H,23,25). The molecule has 146 valence electrons. The van der Waals surface area contributed by atoms with Gasteiger partial charge in [0.2, 0.25) is 5.91 Å². The van der Waals surface area contributed by atoms with Crippen molar-refractivity contribution in [2.24, 2.45) is 5.92 Å². The Morgan fingerprint density at radius 2 is 1.71 bits per heavy atom. The summed E-state index contributed by atoms with van der Waals surface area (Å²) in [5.41, 5.74) is 1.18. The molecule has 0 unspecified atom stereocenters. The van der Waals surface area contributed by atoms with Crippen molar-refractivity contribution in [1.29, 1.82) is 0 Å². The van der Waals surface area contributed by atoms with E-state index in [1.165, 1.54) is 25.3 Å². The zero-order valence-electron chi connectivity index (χ0n) is 15.5. The van der Waals surface area contributed by atoms with Gasteiger partial charge in [-0.15, -0.1) is 0 Å². The van der Waals surface area contributed by atoms with Crippen LogP contribution in [0.2, 0.25) is 0 Å². The molecule has 2 aromatic rings. The SMILES string of the molecule is COC(=O)c1cccc(NC(=O)C2CCN(C(=O)c3cccc(F)c3)CC2)c1. The third kappa shape index (κ3) is 4.54. The Morgan fingerprint density at radius 1 is 1.04 bits per heavy atom. The minimum Gasteiger partial charge on any atom is -0.465 e. The van der Waals surface area contributed by atoms with Gasteiger partial charge >= 0.3 is 5.97 Å². The molecule has 0 atom stereocenters. The maximum Gasteiger partial charge on any atom is 0.337 e. The lowest BCUT2D eigenvalue weighted by Crippen LogP contribution is -2.41. The van der Waals surface area contributed by atoms with Gasteiger partial charge in [0.05, 0.1) is 12.7 Å². The Balaban J connectivity index is 1.57. The Labute approximate surface area is 162 Å². The van der Waals surface area contributed by atoms with Gasteiger partial charge in [-0.25, -0.2) is 9.18 Å². The van der Waals surface area contributed by atoms with Crippen LogP contribution < -0.4 is 5.32 Å². The quantitative estimate of drug-likeness (QED) is 0.822. The van der Waals surface area contributed by atoms with Gasteiger partial charge in [0.25, 0.3) is 5.91 Å². The number of benzene rings is 2. The number of anilines is 1. The molecule has 1 fully saturated rings. The minimum atomic E-state index is -0.472. The van der Waals surface area contributed by atoms with Crippen molar-refractivity contribution < 1.29 is 23.5 Å². The number of ether oxygens (including phenoxy) is 1. The van der Waals surface area contributed by atoms with Crippen LogP contribution in [0.15, 0.2) is 48.5 Å². The summed E-state index contributed by atoms with van der Waals surface area (Å²) >= 11 is 0. The lowest BCUT2D eigenvalue weighted by atomic mass is 9.95. The Bertz CT molecular complexity index is 891. The Hall–Kier alpha value is -3.22. The summed E-state index contributed by atoms with van der Waals surface area (Å²) in [5, 5.41) is 2.81. The molecular weight excluding hydrogens is 363 g/mol. The van der Waals surface area contributed by atoms with Crippen molar-refractivity contribution in [2.75, 3.05) is 25.5 Å². The highest BCUT2D eigenvalue weighted by atomic mass is 19.1. The summed E-state index contributed by atoms with van der Waals surface area (Å²) in [7, 11) is 1.30. The van der Waals surface area contributed by atoms with E-state index in [1.807, 2.05) is 0 Å². The van der Waals surface area contributed by atoms with Gasteiger partial charge in [-0.3, -0.25) is 9.59 Å². The van der Waals surface area contributed by atoms with Gasteiger partial charge in [-0.05, 0) is 49.2 Å². The highest BCUT2D eigenvalue weighted by Crippen LogP contribution is 2.22. The molecule has 3 rings (SSSR count). The van der Waals surface area contributed by atoms with Crippen LogP contribution in [0.5, 0.6) is 0 Å². The molecule has 0 aromatic heterocycles. The molecule has 2 aromatic carbocycles.